The number of hydrogen-bond donors (Lipinski definition) is 1. The predicted molar refractivity (Wildman–Crippen MR) is 116 cm³/mol. The number of nitrogens with zero attached hydrogens (tertiary/aromatic N) is 1. The highest BCUT2D eigenvalue weighted by Gasteiger charge is 2.67. The maximum Gasteiger partial charge on any atom is 0.255 e. The molecule has 3 fully saturated rings. The Morgan fingerprint density at radius 2 is 1.43 bits per heavy atom. The number of nitrogens with one attached hydrogen (secondary N) is 1. The molecule has 0 radical (unpaired) electrons. The summed E-state index contributed by atoms with van der Waals surface area (Å²) in [6, 6.07) is 14.1. The average molecular weight is 463 g/mol. The van der Waals surface area contributed by atoms with Crippen molar-refractivity contribution in [2.45, 2.75) is 6.42 Å². The van der Waals surface area contributed by atoms with Crippen LogP contribution >= 0.6 is 15.9 Å². The molecule has 2 aromatic carbocycles. The molecule has 1 aliphatic heterocycles. The number of benzene rings is 2. The summed E-state index contributed by atoms with van der Waals surface area (Å²) in [4.78, 5) is 40.2. The first-order chi connectivity index (χ1) is 14.5. The molecular weight excluding hydrogens is 444 g/mol. The van der Waals surface area contributed by atoms with E-state index in [-0.39, 0.29) is 41.4 Å². The molecule has 1 heterocycles. The Kier molecular flexibility index (Phi) is 3.84. The predicted octanol–water partition coefficient (Wildman–Crippen LogP) is 4.26. The monoisotopic (exact) mass is 462 g/mol. The Balaban J connectivity index is 1.23. The third kappa shape index (κ3) is 2.56. The first-order valence-corrected chi connectivity index (χ1v) is 11.1. The summed E-state index contributed by atoms with van der Waals surface area (Å²) in [5.74, 6) is 0.769. The van der Waals surface area contributed by atoms with Crippen molar-refractivity contribution in [2.24, 2.45) is 35.5 Å². The van der Waals surface area contributed by atoms with E-state index >= 15 is 0 Å². The molecule has 150 valence electrons. The van der Waals surface area contributed by atoms with Crippen LogP contribution in [0.1, 0.15) is 16.8 Å². The van der Waals surface area contributed by atoms with E-state index in [9.17, 15) is 14.4 Å². The van der Waals surface area contributed by atoms with Crippen molar-refractivity contribution < 1.29 is 14.4 Å². The quantitative estimate of drug-likeness (QED) is 0.547. The molecule has 1 saturated heterocycles. The van der Waals surface area contributed by atoms with Crippen molar-refractivity contribution in [1.82, 2.24) is 0 Å². The third-order valence-corrected chi connectivity index (χ3v) is 7.68. The number of carbonyl (C=O) groups is 3. The molecule has 6 atom stereocenters. The Morgan fingerprint density at radius 1 is 0.867 bits per heavy atom. The molecule has 0 unspecified atom stereocenters. The van der Waals surface area contributed by atoms with Crippen LogP contribution in [0.25, 0.3) is 0 Å². The molecule has 6 heteroatoms. The zero-order valence-electron chi connectivity index (χ0n) is 16.0. The van der Waals surface area contributed by atoms with Gasteiger partial charge in [0.25, 0.3) is 5.91 Å². The SMILES string of the molecule is O=C(Nc1ccc(Br)cc1)c1ccc(N2C(=O)[C@@H]3[C@H]4C=C[C@@H]([C@@H]5C[C@@H]45)[C@@H]3C2=O)cc1. The van der Waals surface area contributed by atoms with Gasteiger partial charge < -0.3 is 5.32 Å². The number of amides is 3. The number of anilines is 2. The number of imide groups is 1. The van der Waals surface area contributed by atoms with Gasteiger partial charge in [0, 0.05) is 15.7 Å². The molecule has 0 spiro atoms. The molecule has 30 heavy (non-hydrogen) atoms. The molecule has 2 saturated carbocycles. The molecule has 5 nitrogen and oxygen atoms in total. The van der Waals surface area contributed by atoms with Gasteiger partial charge in [-0.25, -0.2) is 0 Å². The van der Waals surface area contributed by atoms with Crippen LogP contribution in [0.2, 0.25) is 0 Å². The number of carbonyl (C=O) groups excluding carboxylic acids is 3. The Labute approximate surface area is 182 Å². The maximum atomic E-state index is 13.2. The van der Waals surface area contributed by atoms with Crippen LogP contribution in [0.5, 0.6) is 0 Å². The van der Waals surface area contributed by atoms with Gasteiger partial charge >= 0.3 is 0 Å². The largest absolute Gasteiger partial charge is 0.322 e. The molecule has 3 amide bonds. The second kappa shape index (κ2) is 6.38. The van der Waals surface area contributed by atoms with Crippen LogP contribution in [-0.4, -0.2) is 17.7 Å². The van der Waals surface area contributed by atoms with Gasteiger partial charge in [-0.1, -0.05) is 28.1 Å². The first-order valence-electron chi connectivity index (χ1n) is 10.3. The van der Waals surface area contributed by atoms with E-state index in [1.165, 1.54) is 4.90 Å². The van der Waals surface area contributed by atoms with E-state index in [2.05, 4.69) is 33.4 Å². The van der Waals surface area contributed by atoms with E-state index in [1.54, 1.807) is 24.3 Å². The molecule has 1 N–H and O–H groups in total. The van der Waals surface area contributed by atoms with Gasteiger partial charge in [0.2, 0.25) is 11.8 Å². The van der Waals surface area contributed by atoms with Crippen LogP contribution < -0.4 is 10.2 Å². The third-order valence-electron chi connectivity index (χ3n) is 7.15. The van der Waals surface area contributed by atoms with Gasteiger partial charge in [0.1, 0.15) is 0 Å². The van der Waals surface area contributed by atoms with Crippen molar-refractivity contribution in [3.05, 3.63) is 70.7 Å². The molecule has 2 aromatic rings. The lowest BCUT2D eigenvalue weighted by Crippen LogP contribution is -2.40. The van der Waals surface area contributed by atoms with Gasteiger partial charge in [-0.15, -0.1) is 0 Å². The number of hydrogen-bond acceptors (Lipinski definition) is 3. The van der Waals surface area contributed by atoms with Crippen LogP contribution in [0.15, 0.2) is 65.2 Å². The fourth-order valence-corrected chi connectivity index (χ4v) is 5.97. The number of allylic oxidation sites excluding steroid dienone is 2. The molecule has 5 aliphatic rings. The lowest BCUT2D eigenvalue weighted by atomic mass is 9.63. The standard InChI is InChI=1S/C24H19BrN2O3/c25-13-3-5-14(6-4-13)26-22(28)12-1-7-15(8-2-12)27-23(29)20-16-9-10-17(19-11-18(16)19)21(20)24(27)30/h1-10,16-21H,11H2,(H,26,28)/t16-,17-,18-,19-,20-,21+/m0/s1. The van der Waals surface area contributed by atoms with Gasteiger partial charge in [-0.2, -0.15) is 0 Å². The van der Waals surface area contributed by atoms with Crippen LogP contribution in [0, 0.1) is 35.5 Å². The van der Waals surface area contributed by atoms with Crippen molar-refractivity contribution >= 4 is 45.0 Å². The molecule has 4 aliphatic carbocycles. The van der Waals surface area contributed by atoms with Crippen molar-refractivity contribution in [1.29, 1.82) is 0 Å². The number of rotatable bonds is 3. The number of halogens is 1. The highest BCUT2D eigenvalue weighted by Crippen LogP contribution is 2.65. The molecule has 7 rings (SSSR count). The second-order valence-corrected chi connectivity index (χ2v) is 9.59. The summed E-state index contributed by atoms with van der Waals surface area (Å²) < 4.78 is 0.936. The highest BCUT2D eigenvalue weighted by atomic mass is 79.9. The zero-order chi connectivity index (χ0) is 20.6. The van der Waals surface area contributed by atoms with E-state index in [4.69, 9.17) is 0 Å². The molecule has 2 bridgehead atoms. The van der Waals surface area contributed by atoms with Crippen molar-refractivity contribution in [3.8, 4) is 0 Å². The highest BCUT2D eigenvalue weighted by molar-refractivity contribution is 9.10. The summed E-state index contributed by atoms with van der Waals surface area (Å²) in [6.07, 6.45) is 5.49. The average Bonchev–Trinajstić information content (AvgIpc) is 3.53. The summed E-state index contributed by atoms with van der Waals surface area (Å²) in [5.41, 5.74) is 1.72. The van der Waals surface area contributed by atoms with Gasteiger partial charge in [0.05, 0.1) is 17.5 Å². The Morgan fingerprint density at radius 3 is 2.00 bits per heavy atom. The summed E-state index contributed by atoms with van der Waals surface area (Å²) in [5, 5.41) is 2.85. The van der Waals surface area contributed by atoms with Crippen LogP contribution in [0.4, 0.5) is 11.4 Å². The van der Waals surface area contributed by atoms with Gasteiger partial charge in [-0.3, -0.25) is 19.3 Å². The van der Waals surface area contributed by atoms with E-state index < -0.39 is 0 Å². The zero-order valence-corrected chi connectivity index (χ0v) is 17.6. The molecular formula is C24H19BrN2O3. The van der Waals surface area contributed by atoms with Gasteiger partial charge in [-0.05, 0) is 78.6 Å². The van der Waals surface area contributed by atoms with Crippen molar-refractivity contribution in [3.63, 3.8) is 0 Å². The maximum absolute atomic E-state index is 13.2. The first kappa shape index (κ1) is 18.1. The summed E-state index contributed by atoms with van der Waals surface area (Å²) >= 11 is 3.37. The minimum atomic E-state index is -0.237. The molecule has 0 aromatic heterocycles. The van der Waals surface area contributed by atoms with Crippen LogP contribution in [0.3, 0.4) is 0 Å². The van der Waals surface area contributed by atoms with E-state index in [1.807, 2.05) is 24.3 Å². The lowest BCUT2D eigenvalue weighted by molar-refractivity contribution is -0.124. The second-order valence-electron chi connectivity index (χ2n) is 8.67. The normalized spacial score (nSPS) is 32.8. The summed E-state index contributed by atoms with van der Waals surface area (Å²) in [7, 11) is 0. The fourth-order valence-electron chi connectivity index (χ4n) is 5.71. The minimum absolute atomic E-state index is 0.0817. The Bertz CT molecular complexity index is 1070. The summed E-state index contributed by atoms with van der Waals surface area (Å²) in [6.45, 7) is 0. The smallest absolute Gasteiger partial charge is 0.255 e. The van der Waals surface area contributed by atoms with E-state index in [0.717, 1.165) is 10.9 Å². The van der Waals surface area contributed by atoms with Crippen molar-refractivity contribution in [2.75, 3.05) is 10.2 Å². The topological polar surface area (TPSA) is 66.5 Å². The van der Waals surface area contributed by atoms with Crippen LogP contribution in [-0.2, 0) is 9.59 Å². The Hall–Kier alpha value is -2.73. The van der Waals surface area contributed by atoms with E-state index in [0.29, 0.717) is 28.8 Å². The van der Waals surface area contributed by atoms with Gasteiger partial charge in [0.15, 0.2) is 0 Å². The minimum Gasteiger partial charge on any atom is -0.322 e. The lowest BCUT2D eigenvalue weighted by Gasteiger charge is -2.37. The fraction of sp³-hybridized carbons (Fsp3) is 0.292.